The van der Waals surface area contributed by atoms with Crippen LogP contribution in [-0.4, -0.2) is 32.0 Å². The number of nitrogens with zero attached hydrogens (tertiary/aromatic N) is 1. The molecule has 3 nitrogen and oxygen atoms in total. The van der Waals surface area contributed by atoms with E-state index in [1.165, 1.54) is 12.1 Å². The standard InChI is InChI=1S/C12H13BrF3NO2S/c13-10-1-3-11(4-2-10)20(18,19)17-7-5-9(6-8-17)12(14,15)16/h1-4,9H,5-8H2. The first kappa shape index (κ1) is 15.8. The van der Waals surface area contributed by atoms with Crippen LogP contribution in [0.4, 0.5) is 13.2 Å². The highest BCUT2D eigenvalue weighted by Crippen LogP contribution is 2.35. The van der Waals surface area contributed by atoms with Gasteiger partial charge in [0.05, 0.1) is 10.8 Å². The van der Waals surface area contributed by atoms with Gasteiger partial charge in [0.15, 0.2) is 0 Å². The predicted molar refractivity (Wildman–Crippen MR) is 71.7 cm³/mol. The molecule has 0 spiro atoms. The highest BCUT2D eigenvalue weighted by Gasteiger charge is 2.42. The second kappa shape index (κ2) is 5.65. The van der Waals surface area contributed by atoms with Crippen molar-refractivity contribution in [1.82, 2.24) is 4.31 Å². The van der Waals surface area contributed by atoms with E-state index in [2.05, 4.69) is 15.9 Å². The van der Waals surface area contributed by atoms with Crippen LogP contribution >= 0.6 is 15.9 Å². The normalized spacial score (nSPS) is 19.2. The molecule has 0 saturated carbocycles. The summed E-state index contributed by atoms with van der Waals surface area (Å²) in [4.78, 5) is 0.103. The lowest BCUT2D eigenvalue weighted by Crippen LogP contribution is -2.42. The van der Waals surface area contributed by atoms with Gasteiger partial charge in [0.1, 0.15) is 0 Å². The Balaban J connectivity index is 2.11. The van der Waals surface area contributed by atoms with E-state index in [9.17, 15) is 21.6 Å². The first-order chi connectivity index (χ1) is 9.21. The highest BCUT2D eigenvalue weighted by atomic mass is 79.9. The van der Waals surface area contributed by atoms with Crippen LogP contribution in [-0.2, 0) is 10.0 Å². The van der Waals surface area contributed by atoms with Crippen LogP contribution in [0.25, 0.3) is 0 Å². The maximum atomic E-state index is 12.6. The van der Waals surface area contributed by atoms with Crippen molar-refractivity contribution in [3.8, 4) is 0 Å². The number of piperidine rings is 1. The van der Waals surface area contributed by atoms with Crippen LogP contribution in [0.2, 0.25) is 0 Å². The molecule has 2 rings (SSSR count). The lowest BCUT2D eigenvalue weighted by atomic mass is 9.98. The van der Waals surface area contributed by atoms with E-state index >= 15 is 0 Å². The Kier molecular flexibility index (Phi) is 4.46. The molecule has 8 heteroatoms. The van der Waals surface area contributed by atoms with Crippen LogP contribution in [0.5, 0.6) is 0 Å². The third-order valence-corrected chi connectivity index (χ3v) is 5.81. The predicted octanol–water partition coefficient (Wildman–Crippen LogP) is 3.41. The Hall–Kier alpha value is -0.600. The third-order valence-electron chi connectivity index (χ3n) is 3.37. The van der Waals surface area contributed by atoms with Gasteiger partial charge >= 0.3 is 6.18 Å². The van der Waals surface area contributed by atoms with Crippen LogP contribution in [0.3, 0.4) is 0 Å². The molecule has 1 aromatic carbocycles. The quantitative estimate of drug-likeness (QED) is 0.798. The minimum absolute atomic E-state index is 0.0947. The molecule has 0 amide bonds. The first-order valence-corrected chi connectivity index (χ1v) is 8.27. The zero-order chi connectivity index (χ0) is 15.0. The molecule has 1 heterocycles. The molecule has 1 saturated heterocycles. The van der Waals surface area contributed by atoms with E-state index in [1.54, 1.807) is 12.1 Å². The molecule has 1 aliphatic heterocycles. The summed E-state index contributed by atoms with van der Waals surface area (Å²) in [5.74, 6) is -1.40. The van der Waals surface area contributed by atoms with Gasteiger partial charge in [-0.1, -0.05) is 15.9 Å². The Morgan fingerprint density at radius 3 is 2.05 bits per heavy atom. The van der Waals surface area contributed by atoms with Gasteiger partial charge < -0.3 is 0 Å². The Labute approximate surface area is 123 Å². The fourth-order valence-corrected chi connectivity index (χ4v) is 3.91. The van der Waals surface area contributed by atoms with Gasteiger partial charge in [0.2, 0.25) is 10.0 Å². The van der Waals surface area contributed by atoms with Gasteiger partial charge in [-0.15, -0.1) is 0 Å². The molecule has 0 unspecified atom stereocenters. The molecule has 1 aliphatic rings. The second-order valence-electron chi connectivity index (χ2n) is 4.67. The summed E-state index contributed by atoms with van der Waals surface area (Å²) in [5, 5.41) is 0. The molecule has 0 aromatic heterocycles. The Bertz CT molecular complexity index is 563. The molecule has 0 atom stereocenters. The molecule has 1 aromatic rings. The molecule has 0 bridgehead atoms. The van der Waals surface area contributed by atoms with Gasteiger partial charge in [0.25, 0.3) is 0 Å². The number of hydrogen-bond acceptors (Lipinski definition) is 2. The van der Waals surface area contributed by atoms with Crippen LogP contribution in [0, 0.1) is 5.92 Å². The van der Waals surface area contributed by atoms with E-state index in [-0.39, 0.29) is 30.8 Å². The third kappa shape index (κ3) is 3.35. The number of alkyl halides is 3. The molecule has 20 heavy (non-hydrogen) atoms. The molecule has 112 valence electrons. The van der Waals surface area contributed by atoms with E-state index in [0.29, 0.717) is 0 Å². The average Bonchev–Trinajstić information content (AvgIpc) is 2.38. The van der Waals surface area contributed by atoms with Crippen molar-refractivity contribution in [2.24, 2.45) is 5.92 Å². The Morgan fingerprint density at radius 2 is 1.60 bits per heavy atom. The molecule has 0 N–H and O–H groups in total. The van der Waals surface area contributed by atoms with Crippen molar-refractivity contribution in [3.63, 3.8) is 0 Å². The van der Waals surface area contributed by atoms with Gasteiger partial charge in [-0.25, -0.2) is 8.42 Å². The first-order valence-electron chi connectivity index (χ1n) is 6.03. The number of hydrogen-bond donors (Lipinski definition) is 0. The molecular formula is C12H13BrF3NO2S. The number of sulfonamides is 1. The fourth-order valence-electron chi connectivity index (χ4n) is 2.18. The molecule has 1 fully saturated rings. The fraction of sp³-hybridized carbons (Fsp3) is 0.500. The summed E-state index contributed by atoms with van der Waals surface area (Å²) in [7, 11) is -3.70. The van der Waals surface area contributed by atoms with Crippen molar-refractivity contribution < 1.29 is 21.6 Å². The van der Waals surface area contributed by atoms with E-state index in [1.807, 2.05) is 0 Å². The number of halogens is 4. The topological polar surface area (TPSA) is 37.4 Å². The van der Waals surface area contributed by atoms with Crippen molar-refractivity contribution in [2.75, 3.05) is 13.1 Å². The van der Waals surface area contributed by atoms with E-state index in [4.69, 9.17) is 0 Å². The van der Waals surface area contributed by atoms with Gasteiger partial charge in [0, 0.05) is 17.6 Å². The Morgan fingerprint density at radius 1 is 1.10 bits per heavy atom. The lowest BCUT2D eigenvalue weighted by molar-refractivity contribution is -0.182. The average molecular weight is 372 g/mol. The van der Waals surface area contributed by atoms with Crippen LogP contribution in [0.1, 0.15) is 12.8 Å². The molecule has 0 aliphatic carbocycles. The minimum Gasteiger partial charge on any atom is -0.207 e. The SMILES string of the molecule is O=S(=O)(c1ccc(Br)cc1)N1CCC(C(F)(F)F)CC1. The van der Waals surface area contributed by atoms with E-state index < -0.39 is 22.1 Å². The summed E-state index contributed by atoms with van der Waals surface area (Å²) >= 11 is 3.20. The monoisotopic (exact) mass is 371 g/mol. The van der Waals surface area contributed by atoms with Crippen LogP contribution < -0.4 is 0 Å². The summed E-state index contributed by atoms with van der Waals surface area (Å²) in [6, 6.07) is 6.06. The van der Waals surface area contributed by atoms with Gasteiger partial charge in [-0.2, -0.15) is 17.5 Å². The summed E-state index contributed by atoms with van der Waals surface area (Å²) in [6.45, 7) is -0.189. The largest absolute Gasteiger partial charge is 0.391 e. The summed E-state index contributed by atoms with van der Waals surface area (Å²) in [5.41, 5.74) is 0. The lowest BCUT2D eigenvalue weighted by Gasteiger charge is -2.32. The number of rotatable bonds is 2. The van der Waals surface area contributed by atoms with Crippen molar-refractivity contribution >= 4 is 26.0 Å². The summed E-state index contributed by atoms with van der Waals surface area (Å²) < 4.78 is 64.1. The van der Waals surface area contributed by atoms with Crippen molar-refractivity contribution in [2.45, 2.75) is 23.9 Å². The zero-order valence-corrected chi connectivity index (χ0v) is 12.8. The van der Waals surface area contributed by atoms with Gasteiger partial charge in [-0.05, 0) is 37.1 Å². The number of benzene rings is 1. The van der Waals surface area contributed by atoms with E-state index in [0.717, 1.165) is 8.78 Å². The van der Waals surface area contributed by atoms with Crippen molar-refractivity contribution in [3.05, 3.63) is 28.7 Å². The highest BCUT2D eigenvalue weighted by molar-refractivity contribution is 9.10. The molecular weight excluding hydrogens is 359 g/mol. The van der Waals surface area contributed by atoms with Crippen molar-refractivity contribution in [1.29, 1.82) is 0 Å². The second-order valence-corrected chi connectivity index (χ2v) is 7.53. The zero-order valence-electron chi connectivity index (χ0n) is 10.4. The maximum Gasteiger partial charge on any atom is 0.391 e. The van der Waals surface area contributed by atoms with Crippen LogP contribution in [0.15, 0.2) is 33.6 Å². The minimum atomic E-state index is -4.24. The maximum absolute atomic E-state index is 12.6. The smallest absolute Gasteiger partial charge is 0.207 e. The summed E-state index contributed by atoms with van der Waals surface area (Å²) in [6.07, 6.45) is -4.61. The molecule has 0 radical (unpaired) electrons. The van der Waals surface area contributed by atoms with Gasteiger partial charge in [-0.3, -0.25) is 0 Å².